The summed E-state index contributed by atoms with van der Waals surface area (Å²) < 4.78 is 18.3. The Labute approximate surface area is 167 Å². The highest BCUT2D eigenvalue weighted by atomic mass is 16.5. The van der Waals surface area contributed by atoms with Crippen molar-refractivity contribution in [1.82, 2.24) is 4.90 Å². The summed E-state index contributed by atoms with van der Waals surface area (Å²) in [5, 5.41) is 11.8. The number of likely N-dealkylation sites (N-methyl/N-ethyl adjacent to an activating group) is 1. The lowest BCUT2D eigenvalue weighted by Gasteiger charge is -2.41. The van der Waals surface area contributed by atoms with E-state index in [0.717, 1.165) is 31.7 Å². The van der Waals surface area contributed by atoms with Crippen LogP contribution in [0.25, 0.3) is 0 Å². The van der Waals surface area contributed by atoms with Gasteiger partial charge >= 0.3 is 0 Å². The Morgan fingerprint density at radius 1 is 1.36 bits per heavy atom. The third-order valence-electron chi connectivity index (χ3n) is 5.65. The lowest BCUT2D eigenvalue weighted by atomic mass is 9.90. The SMILES string of the molecule is CN(C1CCOCC1)C(C)(C)C(=O)Nc1cc(C(C)(C)COCCO)[n+](C)o1. The van der Waals surface area contributed by atoms with Crippen molar-refractivity contribution in [3.63, 3.8) is 0 Å². The molecule has 0 atom stereocenters. The molecule has 0 aromatic carbocycles. The molecule has 1 fully saturated rings. The fraction of sp³-hybridized carbons (Fsp3) is 0.800. The molecule has 0 saturated carbocycles. The van der Waals surface area contributed by atoms with E-state index in [2.05, 4.69) is 10.2 Å². The molecular formula is C20H36N3O5+. The predicted octanol–water partition coefficient (Wildman–Crippen LogP) is 1.22. The van der Waals surface area contributed by atoms with Crippen LogP contribution in [0.15, 0.2) is 10.6 Å². The van der Waals surface area contributed by atoms with Gasteiger partial charge in [0.15, 0.2) is 7.05 Å². The number of hydrogen-bond donors (Lipinski definition) is 2. The van der Waals surface area contributed by atoms with Crippen LogP contribution in [-0.2, 0) is 26.7 Å². The number of nitrogens with zero attached hydrogens (tertiary/aromatic N) is 2. The zero-order chi connectivity index (χ0) is 20.9. The van der Waals surface area contributed by atoms with Crippen LogP contribution >= 0.6 is 0 Å². The number of nitrogens with one attached hydrogen (secondary N) is 1. The highest BCUT2D eigenvalue weighted by Gasteiger charge is 2.39. The van der Waals surface area contributed by atoms with E-state index in [1.54, 1.807) is 11.8 Å². The van der Waals surface area contributed by atoms with Gasteiger partial charge in [-0.25, -0.2) is 4.52 Å². The topological polar surface area (TPSA) is 88.0 Å². The second kappa shape index (κ2) is 9.35. The van der Waals surface area contributed by atoms with Crippen molar-refractivity contribution in [2.75, 3.05) is 45.4 Å². The number of carbonyl (C=O) groups is 1. The van der Waals surface area contributed by atoms with E-state index in [1.807, 2.05) is 40.8 Å². The first kappa shape index (κ1) is 22.8. The Bertz CT molecular complexity index is 650. The predicted molar refractivity (Wildman–Crippen MR) is 105 cm³/mol. The van der Waals surface area contributed by atoms with Crippen molar-refractivity contribution >= 4 is 11.8 Å². The summed E-state index contributed by atoms with van der Waals surface area (Å²) in [5.74, 6) is 0.294. The van der Waals surface area contributed by atoms with E-state index in [0.29, 0.717) is 25.1 Å². The van der Waals surface area contributed by atoms with E-state index in [-0.39, 0.29) is 17.9 Å². The van der Waals surface area contributed by atoms with Gasteiger partial charge in [0.2, 0.25) is 11.6 Å². The van der Waals surface area contributed by atoms with E-state index in [1.165, 1.54) is 0 Å². The number of ether oxygens (including phenoxy) is 2. The lowest BCUT2D eigenvalue weighted by molar-refractivity contribution is -0.850. The molecule has 0 unspecified atom stereocenters. The first-order chi connectivity index (χ1) is 13.1. The summed E-state index contributed by atoms with van der Waals surface area (Å²) in [6.07, 6.45) is 1.85. The van der Waals surface area contributed by atoms with Crippen molar-refractivity contribution in [2.24, 2.45) is 7.05 Å². The Hall–Kier alpha value is -1.48. The van der Waals surface area contributed by atoms with Gasteiger partial charge in [0.1, 0.15) is 0 Å². The van der Waals surface area contributed by atoms with Gasteiger partial charge in [-0.15, -0.1) is 0 Å². The molecule has 1 aromatic heterocycles. The van der Waals surface area contributed by atoms with Crippen LogP contribution in [0.5, 0.6) is 0 Å². The smallest absolute Gasteiger partial charge is 0.282 e. The number of aryl methyl sites for hydroxylation is 1. The quantitative estimate of drug-likeness (QED) is 0.480. The van der Waals surface area contributed by atoms with Crippen LogP contribution in [0.3, 0.4) is 0 Å². The Balaban J connectivity index is 2.07. The molecule has 160 valence electrons. The summed E-state index contributed by atoms with van der Waals surface area (Å²) in [6.45, 7) is 10.1. The fourth-order valence-electron chi connectivity index (χ4n) is 3.54. The van der Waals surface area contributed by atoms with Gasteiger partial charge in [0, 0.05) is 19.3 Å². The van der Waals surface area contributed by atoms with E-state index >= 15 is 0 Å². The minimum atomic E-state index is -0.687. The molecule has 2 N–H and O–H groups in total. The third kappa shape index (κ3) is 5.31. The maximum atomic E-state index is 13.0. The minimum absolute atomic E-state index is 0.00931. The number of rotatable bonds is 9. The zero-order valence-corrected chi connectivity index (χ0v) is 18.1. The van der Waals surface area contributed by atoms with Crippen LogP contribution in [0.2, 0.25) is 0 Å². The Kier molecular flexibility index (Phi) is 7.61. The highest BCUT2D eigenvalue weighted by Crippen LogP contribution is 2.26. The molecule has 1 aliphatic rings. The van der Waals surface area contributed by atoms with Gasteiger partial charge in [0.05, 0.1) is 36.8 Å². The van der Waals surface area contributed by atoms with Crippen molar-refractivity contribution in [3.05, 3.63) is 11.8 Å². The number of carbonyl (C=O) groups excluding carboxylic acids is 1. The molecule has 1 aromatic rings. The normalized spacial score (nSPS) is 16.6. The van der Waals surface area contributed by atoms with Crippen molar-refractivity contribution in [2.45, 2.75) is 57.5 Å². The van der Waals surface area contributed by atoms with Crippen molar-refractivity contribution in [3.8, 4) is 0 Å². The lowest BCUT2D eigenvalue weighted by Crippen LogP contribution is -2.55. The average Bonchev–Trinajstić information content (AvgIpc) is 3.03. The van der Waals surface area contributed by atoms with Crippen LogP contribution in [0.4, 0.5) is 5.88 Å². The highest BCUT2D eigenvalue weighted by molar-refractivity contribution is 5.96. The number of hydrogen-bond acceptors (Lipinski definition) is 6. The van der Waals surface area contributed by atoms with Crippen molar-refractivity contribution in [1.29, 1.82) is 0 Å². The second-order valence-corrected chi connectivity index (χ2v) is 8.61. The van der Waals surface area contributed by atoms with Gasteiger partial charge in [-0.1, -0.05) is 0 Å². The van der Waals surface area contributed by atoms with Crippen LogP contribution < -0.4 is 10.1 Å². The fourth-order valence-corrected chi connectivity index (χ4v) is 3.54. The number of amides is 1. The van der Waals surface area contributed by atoms with Gasteiger partial charge in [-0.3, -0.25) is 15.0 Å². The molecule has 0 spiro atoms. The van der Waals surface area contributed by atoms with E-state index in [9.17, 15) is 4.79 Å². The molecule has 8 heteroatoms. The number of anilines is 1. The van der Waals surface area contributed by atoms with Gasteiger partial charge in [-0.05, 0) is 52.3 Å². The van der Waals surface area contributed by atoms with Gasteiger partial charge < -0.3 is 14.6 Å². The monoisotopic (exact) mass is 398 g/mol. The largest absolute Gasteiger partial charge is 0.394 e. The standard InChI is InChI=1S/C20H35N3O5/c1-19(2,14-27-12-9-24)16-13-17(28-23(16)6)21-18(25)20(3,4)22(5)15-7-10-26-11-8-15/h13,15,24H,7-12,14H2,1-6H3/p+1. The summed E-state index contributed by atoms with van der Waals surface area (Å²) in [7, 11) is 3.79. The molecule has 0 aliphatic carbocycles. The first-order valence-corrected chi connectivity index (χ1v) is 9.91. The van der Waals surface area contributed by atoms with Crippen molar-refractivity contribution < 1.29 is 28.6 Å². The second-order valence-electron chi connectivity index (χ2n) is 8.61. The Morgan fingerprint density at radius 3 is 2.61 bits per heavy atom. The van der Waals surface area contributed by atoms with Crippen LogP contribution in [0.1, 0.15) is 46.2 Å². The van der Waals surface area contributed by atoms with Gasteiger partial charge in [-0.2, -0.15) is 0 Å². The number of aromatic nitrogens is 1. The molecule has 2 rings (SSSR count). The molecule has 1 saturated heterocycles. The maximum Gasteiger partial charge on any atom is 0.282 e. The Morgan fingerprint density at radius 2 is 2.00 bits per heavy atom. The molecule has 2 heterocycles. The molecule has 0 radical (unpaired) electrons. The molecule has 28 heavy (non-hydrogen) atoms. The summed E-state index contributed by atoms with van der Waals surface area (Å²) >= 11 is 0. The van der Waals surface area contributed by atoms with E-state index in [4.69, 9.17) is 19.1 Å². The molecule has 1 aliphatic heterocycles. The maximum absolute atomic E-state index is 13.0. The molecular weight excluding hydrogens is 362 g/mol. The van der Waals surface area contributed by atoms with Gasteiger partial charge in [0.25, 0.3) is 5.88 Å². The van der Waals surface area contributed by atoms with E-state index < -0.39 is 5.54 Å². The summed E-state index contributed by atoms with van der Waals surface area (Å²) in [4.78, 5) is 15.1. The molecule has 8 nitrogen and oxygen atoms in total. The van der Waals surface area contributed by atoms with Crippen LogP contribution in [-0.4, -0.2) is 67.6 Å². The number of aliphatic hydroxyl groups is 1. The summed E-state index contributed by atoms with van der Waals surface area (Å²) in [5.41, 5.74) is -0.116. The minimum Gasteiger partial charge on any atom is -0.394 e. The molecule has 0 bridgehead atoms. The zero-order valence-electron chi connectivity index (χ0n) is 18.1. The van der Waals surface area contributed by atoms with Crippen LogP contribution in [0, 0.1) is 0 Å². The number of aliphatic hydroxyl groups excluding tert-OH is 1. The average molecular weight is 399 g/mol. The third-order valence-corrected chi connectivity index (χ3v) is 5.65. The first-order valence-electron chi connectivity index (χ1n) is 9.91. The summed E-state index contributed by atoms with van der Waals surface area (Å²) in [6, 6.07) is 2.16. The molecule has 1 amide bonds.